The second-order valence-corrected chi connectivity index (χ2v) is 5.44. The van der Waals surface area contributed by atoms with Gasteiger partial charge in [0.05, 0.1) is 30.3 Å². The predicted molar refractivity (Wildman–Crippen MR) is 94.9 cm³/mol. The lowest BCUT2D eigenvalue weighted by Gasteiger charge is -2.11. The van der Waals surface area contributed by atoms with Crippen LogP contribution in [0.25, 0.3) is 0 Å². The Morgan fingerprint density at radius 3 is 2.04 bits per heavy atom. The van der Waals surface area contributed by atoms with E-state index in [9.17, 15) is 24.5 Å². The number of methoxy groups -OCH3 is 2. The lowest BCUT2D eigenvalue weighted by atomic mass is 10.1. The molecule has 0 radical (unpaired) electrons. The highest BCUT2D eigenvalue weighted by molar-refractivity contribution is 6.07. The Morgan fingerprint density at radius 1 is 1.00 bits per heavy atom. The zero-order valence-electron chi connectivity index (χ0n) is 14.8. The van der Waals surface area contributed by atoms with Crippen molar-refractivity contribution in [2.24, 2.45) is 0 Å². The molecule has 0 aliphatic rings. The first-order valence-corrected chi connectivity index (χ1v) is 7.65. The number of esters is 2. The Bertz CT molecular complexity index is 903. The zero-order chi connectivity index (χ0) is 20.1. The minimum absolute atomic E-state index is 0.0338. The molecule has 0 aliphatic heterocycles. The number of ether oxygens (including phenoxy) is 2. The molecular weight excluding hydrogens is 356 g/mol. The maximum Gasteiger partial charge on any atom is 0.337 e. The Balaban J connectivity index is 2.43. The van der Waals surface area contributed by atoms with Crippen molar-refractivity contribution in [2.45, 2.75) is 6.92 Å². The summed E-state index contributed by atoms with van der Waals surface area (Å²) in [5.74, 6) is -2.04. The van der Waals surface area contributed by atoms with Crippen molar-refractivity contribution in [3.8, 4) is 0 Å². The van der Waals surface area contributed by atoms with E-state index in [0.29, 0.717) is 0 Å². The maximum atomic E-state index is 12.5. The Morgan fingerprint density at radius 2 is 1.56 bits per heavy atom. The fraction of sp³-hybridized carbons (Fsp3) is 0.167. The monoisotopic (exact) mass is 372 g/mol. The van der Waals surface area contributed by atoms with Gasteiger partial charge in [0.2, 0.25) is 0 Å². The van der Waals surface area contributed by atoms with Crippen LogP contribution in [-0.2, 0) is 9.47 Å². The van der Waals surface area contributed by atoms with Gasteiger partial charge in [0, 0.05) is 22.9 Å². The summed E-state index contributed by atoms with van der Waals surface area (Å²) in [6.07, 6.45) is 0. The summed E-state index contributed by atoms with van der Waals surface area (Å²) in [5, 5.41) is 13.6. The smallest absolute Gasteiger partial charge is 0.337 e. The van der Waals surface area contributed by atoms with Crippen LogP contribution in [0.5, 0.6) is 0 Å². The molecule has 0 aromatic heterocycles. The fourth-order valence-corrected chi connectivity index (χ4v) is 2.44. The molecule has 1 amide bonds. The second-order valence-electron chi connectivity index (χ2n) is 5.44. The third-order valence-electron chi connectivity index (χ3n) is 3.78. The van der Waals surface area contributed by atoms with E-state index in [1.165, 1.54) is 57.5 Å². The van der Waals surface area contributed by atoms with Crippen LogP contribution >= 0.6 is 0 Å². The summed E-state index contributed by atoms with van der Waals surface area (Å²) in [7, 11) is 2.36. The first-order valence-electron chi connectivity index (χ1n) is 7.65. The van der Waals surface area contributed by atoms with Crippen LogP contribution in [0, 0.1) is 17.0 Å². The van der Waals surface area contributed by atoms with Gasteiger partial charge >= 0.3 is 11.9 Å². The van der Waals surface area contributed by atoms with E-state index >= 15 is 0 Å². The number of amides is 1. The summed E-state index contributed by atoms with van der Waals surface area (Å²) >= 11 is 0. The van der Waals surface area contributed by atoms with Gasteiger partial charge in [-0.25, -0.2) is 9.59 Å². The molecule has 140 valence electrons. The van der Waals surface area contributed by atoms with E-state index < -0.39 is 22.8 Å². The SMILES string of the molecule is COC(=O)c1cc(NC(=O)c2cccc([N+](=O)[O-])c2C)cc(C(=O)OC)c1. The van der Waals surface area contributed by atoms with Crippen molar-refractivity contribution in [3.05, 3.63) is 68.8 Å². The largest absolute Gasteiger partial charge is 0.465 e. The number of nitro groups is 1. The zero-order valence-corrected chi connectivity index (χ0v) is 14.8. The Hall–Kier alpha value is -3.75. The number of hydrogen-bond donors (Lipinski definition) is 1. The van der Waals surface area contributed by atoms with Crippen LogP contribution in [0.15, 0.2) is 36.4 Å². The molecule has 9 nitrogen and oxygen atoms in total. The van der Waals surface area contributed by atoms with Crippen LogP contribution in [0.2, 0.25) is 0 Å². The highest BCUT2D eigenvalue weighted by Gasteiger charge is 2.19. The van der Waals surface area contributed by atoms with Crippen molar-refractivity contribution in [2.75, 3.05) is 19.5 Å². The number of hydrogen-bond acceptors (Lipinski definition) is 7. The Kier molecular flexibility index (Phi) is 5.86. The Labute approximate surface area is 154 Å². The van der Waals surface area contributed by atoms with Crippen LogP contribution in [0.4, 0.5) is 11.4 Å². The van der Waals surface area contributed by atoms with Gasteiger partial charge in [-0.05, 0) is 31.2 Å². The quantitative estimate of drug-likeness (QED) is 0.486. The number of carbonyl (C=O) groups excluding carboxylic acids is 3. The van der Waals surface area contributed by atoms with Gasteiger partial charge < -0.3 is 14.8 Å². The molecule has 0 heterocycles. The summed E-state index contributed by atoms with van der Waals surface area (Å²) < 4.78 is 9.26. The number of rotatable bonds is 5. The van der Waals surface area contributed by atoms with Gasteiger partial charge in [0.1, 0.15) is 0 Å². The van der Waals surface area contributed by atoms with Crippen molar-refractivity contribution < 1.29 is 28.8 Å². The van der Waals surface area contributed by atoms with Crippen molar-refractivity contribution >= 4 is 29.2 Å². The van der Waals surface area contributed by atoms with Crippen LogP contribution in [0.1, 0.15) is 36.6 Å². The molecular formula is C18H16N2O7. The third kappa shape index (κ3) is 4.27. The average molecular weight is 372 g/mol. The molecule has 2 rings (SSSR count). The number of nitro benzene ring substituents is 1. The first-order chi connectivity index (χ1) is 12.8. The van der Waals surface area contributed by atoms with Crippen molar-refractivity contribution in [1.82, 2.24) is 0 Å². The summed E-state index contributed by atoms with van der Waals surface area (Å²) in [4.78, 5) is 46.6. The highest BCUT2D eigenvalue weighted by atomic mass is 16.6. The molecule has 0 bridgehead atoms. The van der Waals surface area contributed by atoms with Gasteiger partial charge in [-0.3, -0.25) is 14.9 Å². The molecule has 0 spiro atoms. The lowest BCUT2D eigenvalue weighted by Crippen LogP contribution is -2.16. The van der Waals surface area contributed by atoms with Gasteiger partial charge in [-0.1, -0.05) is 6.07 Å². The third-order valence-corrected chi connectivity index (χ3v) is 3.78. The summed E-state index contributed by atoms with van der Waals surface area (Å²) in [5.41, 5.74) is 0.290. The van der Waals surface area contributed by atoms with Crippen LogP contribution in [0.3, 0.4) is 0 Å². The van der Waals surface area contributed by atoms with E-state index in [1.54, 1.807) is 0 Å². The molecule has 0 aliphatic carbocycles. The number of anilines is 1. The molecule has 0 fully saturated rings. The number of benzene rings is 2. The highest BCUT2D eigenvalue weighted by Crippen LogP contribution is 2.23. The van der Waals surface area contributed by atoms with E-state index in [4.69, 9.17) is 0 Å². The van der Waals surface area contributed by atoms with E-state index in [2.05, 4.69) is 14.8 Å². The normalized spacial score (nSPS) is 10.0. The molecule has 1 N–H and O–H groups in total. The number of nitrogens with zero attached hydrogens (tertiary/aromatic N) is 1. The molecule has 0 saturated carbocycles. The second kappa shape index (κ2) is 8.09. The van der Waals surface area contributed by atoms with Gasteiger partial charge in [0.25, 0.3) is 11.6 Å². The van der Waals surface area contributed by atoms with Gasteiger partial charge in [-0.15, -0.1) is 0 Å². The number of carbonyl (C=O) groups is 3. The lowest BCUT2D eigenvalue weighted by molar-refractivity contribution is -0.385. The minimum atomic E-state index is -0.706. The first kappa shape index (κ1) is 19.6. The van der Waals surface area contributed by atoms with E-state index in [1.807, 2.05) is 0 Å². The van der Waals surface area contributed by atoms with Crippen LogP contribution in [-0.4, -0.2) is 37.0 Å². The molecule has 27 heavy (non-hydrogen) atoms. The molecule has 2 aromatic carbocycles. The van der Waals surface area contributed by atoms with E-state index in [-0.39, 0.29) is 33.6 Å². The van der Waals surface area contributed by atoms with E-state index in [0.717, 1.165) is 0 Å². The molecule has 9 heteroatoms. The van der Waals surface area contributed by atoms with Crippen LogP contribution < -0.4 is 5.32 Å². The average Bonchev–Trinajstić information content (AvgIpc) is 2.66. The molecule has 0 atom stereocenters. The molecule has 0 saturated heterocycles. The predicted octanol–water partition coefficient (Wildman–Crippen LogP) is 2.73. The number of nitrogens with one attached hydrogen (secondary N) is 1. The van der Waals surface area contributed by atoms with Crippen molar-refractivity contribution in [1.29, 1.82) is 0 Å². The molecule has 2 aromatic rings. The summed E-state index contributed by atoms with van der Waals surface area (Å²) in [6.45, 7) is 1.46. The fourth-order valence-electron chi connectivity index (χ4n) is 2.44. The van der Waals surface area contributed by atoms with Gasteiger partial charge in [-0.2, -0.15) is 0 Å². The van der Waals surface area contributed by atoms with Gasteiger partial charge in [0.15, 0.2) is 0 Å². The minimum Gasteiger partial charge on any atom is -0.465 e. The maximum absolute atomic E-state index is 12.5. The topological polar surface area (TPSA) is 125 Å². The summed E-state index contributed by atoms with van der Waals surface area (Å²) in [6, 6.07) is 8.03. The molecule has 0 unspecified atom stereocenters. The standard InChI is InChI=1S/C18H16N2O7/c1-10-14(5-4-6-15(10)20(24)25)16(21)19-13-8-11(17(22)26-2)7-12(9-13)18(23)27-3/h4-9H,1-3H3,(H,19,21). The van der Waals surface area contributed by atoms with Crippen molar-refractivity contribution in [3.63, 3.8) is 0 Å².